The Kier molecular flexibility index (Phi) is 6.62. The summed E-state index contributed by atoms with van der Waals surface area (Å²) < 4.78 is 2.36. The number of thioether (sulfide) groups is 4. The number of Topliss-reactive ketones (excluding diaryl/α,β-unsaturated/α-hetero) is 1. The first-order chi connectivity index (χ1) is 8.10. The van der Waals surface area contributed by atoms with Crippen LogP contribution in [0.15, 0.2) is 19.6 Å². The highest BCUT2D eigenvalue weighted by Gasteiger charge is 2.34. The van der Waals surface area contributed by atoms with Gasteiger partial charge in [-0.3, -0.25) is 4.79 Å². The predicted octanol–water partition coefficient (Wildman–Crippen LogP) is 4.47. The van der Waals surface area contributed by atoms with Gasteiger partial charge < -0.3 is 0 Å². The molecular weight excluding hydrogens is 288 g/mol. The number of allylic oxidation sites excluding steroid dienone is 2. The van der Waals surface area contributed by atoms with Gasteiger partial charge in [0.1, 0.15) is 0 Å². The van der Waals surface area contributed by atoms with E-state index < -0.39 is 0 Å². The molecule has 5 heteroatoms. The molecule has 1 rings (SSSR count). The molecule has 1 fully saturated rings. The number of rotatable bonds is 4. The van der Waals surface area contributed by atoms with Crippen LogP contribution < -0.4 is 0 Å². The van der Waals surface area contributed by atoms with Crippen molar-refractivity contribution in [3.05, 3.63) is 19.6 Å². The summed E-state index contributed by atoms with van der Waals surface area (Å²) in [6.45, 7) is 2.16. The molecule has 0 aromatic rings. The van der Waals surface area contributed by atoms with Crippen LogP contribution in [0.25, 0.3) is 0 Å². The quantitative estimate of drug-likeness (QED) is 0.711. The second-order valence-corrected chi connectivity index (χ2v) is 7.50. The third kappa shape index (κ3) is 3.31. The lowest BCUT2D eigenvalue weighted by Gasteiger charge is -2.07. The van der Waals surface area contributed by atoms with E-state index in [0.29, 0.717) is 5.92 Å². The Labute approximate surface area is 121 Å². The van der Waals surface area contributed by atoms with Crippen LogP contribution in [0.1, 0.15) is 13.3 Å². The van der Waals surface area contributed by atoms with Gasteiger partial charge in [0.15, 0.2) is 5.78 Å². The van der Waals surface area contributed by atoms with Gasteiger partial charge in [0, 0.05) is 19.6 Å². The summed E-state index contributed by atoms with van der Waals surface area (Å²) in [4.78, 5) is 12.5. The van der Waals surface area contributed by atoms with E-state index in [1.807, 2.05) is 25.0 Å². The van der Waals surface area contributed by atoms with Crippen molar-refractivity contribution in [2.75, 3.05) is 25.0 Å². The number of hydrogen-bond donors (Lipinski definition) is 0. The summed E-state index contributed by atoms with van der Waals surface area (Å²) in [5, 5.41) is 0. The minimum absolute atomic E-state index is 0.273. The fraction of sp³-hybridized carbons (Fsp3) is 0.583. The molecule has 0 heterocycles. The number of carbonyl (C=O) groups is 1. The Bertz CT molecular complexity index is 359. The highest BCUT2D eigenvalue weighted by Crippen LogP contribution is 2.44. The molecule has 1 saturated carbocycles. The van der Waals surface area contributed by atoms with Gasteiger partial charge in [-0.15, -0.1) is 47.0 Å². The monoisotopic (exact) mass is 306 g/mol. The summed E-state index contributed by atoms with van der Waals surface area (Å²) in [5.74, 6) is 0.636. The molecule has 1 aliphatic rings. The first-order valence-electron chi connectivity index (χ1n) is 5.28. The summed E-state index contributed by atoms with van der Waals surface area (Å²) in [6.07, 6.45) is 9.08. The first-order valence-corrected chi connectivity index (χ1v) is 10.2. The Morgan fingerprint density at radius 3 is 1.88 bits per heavy atom. The van der Waals surface area contributed by atoms with E-state index in [1.54, 1.807) is 47.0 Å². The molecule has 0 bridgehead atoms. The normalized spacial score (nSPS) is 20.1. The van der Waals surface area contributed by atoms with Crippen LogP contribution in [0, 0.1) is 5.92 Å². The highest BCUT2D eigenvalue weighted by atomic mass is 32.2. The second-order valence-electron chi connectivity index (χ2n) is 3.72. The van der Waals surface area contributed by atoms with E-state index in [0.717, 1.165) is 17.6 Å². The minimum Gasteiger partial charge on any atom is -0.289 e. The Hall–Kier alpha value is 0.550. The summed E-state index contributed by atoms with van der Waals surface area (Å²) in [7, 11) is 0. The van der Waals surface area contributed by atoms with E-state index in [-0.39, 0.29) is 5.78 Å². The van der Waals surface area contributed by atoms with Crippen molar-refractivity contribution in [1.29, 1.82) is 0 Å². The lowest BCUT2D eigenvalue weighted by molar-refractivity contribution is -0.111. The van der Waals surface area contributed by atoms with Crippen LogP contribution >= 0.6 is 47.0 Å². The number of ketones is 1. The zero-order valence-electron chi connectivity index (χ0n) is 10.8. The average molecular weight is 307 g/mol. The van der Waals surface area contributed by atoms with Crippen molar-refractivity contribution in [2.24, 2.45) is 5.92 Å². The van der Waals surface area contributed by atoms with Gasteiger partial charge in [-0.2, -0.15) is 0 Å². The Balaban J connectivity index is 3.22. The van der Waals surface area contributed by atoms with Crippen LogP contribution in [0.4, 0.5) is 0 Å². The largest absolute Gasteiger partial charge is 0.289 e. The number of hydrogen-bond acceptors (Lipinski definition) is 5. The van der Waals surface area contributed by atoms with Crippen molar-refractivity contribution in [2.45, 2.75) is 13.3 Å². The maximum Gasteiger partial charge on any atom is 0.188 e. The molecular formula is C12H18OS4. The zero-order valence-corrected chi connectivity index (χ0v) is 14.1. The number of carbonyl (C=O) groups excluding carboxylic acids is 1. The third-order valence-corrected chi connectivity index (χ3v) is 7.15. The Morgan fingerprint density at radius 1 is 1.00 bits per heavy atom. The van der Waals surface area contributed by atoms with Crippen molar-refractivity contribution in [1.82, 2.24) is 0 Å². The molecule has 0 aromatic carbocycles. The van der Waals surface area contributed by atoms with E-state index in [1.165, 1.54) is 8.47 Å². The smallest absolute Gasteiger partial charge is 0.188 e. The summed E-state index contributed by atoms with van der Waals surface area (Å²) in [5.41, 5.74) is 2.05. The summed E-state index contributed by atoms with van der Waals surface area (Å²) >= 11 is 6.75. The standard InChI is InChI=1S/C12H18OS4/c1-7-6-8(11(14-2)15-3)10(13)9(7)12(16-4)17-5/h7H,6H2,1-5H3. The summed E-state index contributed by atoms with van der Waals surface area (Å²) in [6, 6.07) is 0. The van der Waals surface area contributed by atoms with Crippen LogP contribution in [0.3, 0.4) is 0 Å². The topological polar surface area (TPSA) is 17.1 Å². The van der Waals surface area contributed by atoms with Crippen LogP contribution in [0.2, 0.25) is 0 Å². The lowest BCUT2D eigenvalue weighted by atomic mass is 10.1. The average Bonchev–Trinajstić information content (AvgIpc) is 2.61. The maximum atomic E-state index is 12.5. The van der Waals surface area contributed by atoms with Gasteiger partial charge in [-0.05, 0) is 37.4 Å². The molecule has 17 heavy (non-hydrogen) atoms. The SMILES string of the molecule is CSC(SC)=C1CC(C)C(=C(SC)SC)C1=O. The zero-order chi connectivity index (χ0) is 13.0. The van der Waals surface area contributed by atoms with Gasteiger partial charge >= 0.3 is 0 Å². The third-order valence-electron chi connectivity index (χ3n) is 2.73. The van der Waals surface area contributed by atoms with E-state index in [4.69, 9.17) is 0 Å². The molecule has 96 valence electrons. The van der Waals surface area contributed by atoms with Gasteiger partial charge in [0.05, 0.1) is 0 Å². The molecule has 1 aliphatic carbocycles. The van der Waals surface area contributed by atoms with Crippen molar-refractivity contribution < 1.29 is 4.79 Å². The van der Waals surface area contributed by atoms with Gasteiger partial charge in [0.2, 0.25) is 0 Å². The maximum absolute atomic E-state index is 12.5. The first kappa shape index (κ1) is 15.6. The van der Waals surface area contributed by atoms with E-state index in [9.17, 15) is 4.79 Å². The Morgan fingerprint density at radius 2 is 1.47 bits per heavy atom. The van der Waals surface area contributed by atoms with Crippen LogP contribution in [0.5, 0.6) is 0 Å². The van der Waals surface area contributed by atoms with Crippen LogP contribution in [-0.2, 0) is 4.79 Å². The lowest BCUT2D eigenvalue weighted by Crippen LogP contribution is -2.01. The predicted molar refractivity (Wildman–Crippen MR) is 86.9 cm³/mol. The molecule has 1 unspecified atom stereocenters. The molecule has 1 nitrogen and oxygen atoms in total. The molecule has 0 amide bonds. The van der Waals surface area contributed by atoms with Gasteiger partial charge in [-0.1, -0.05) is 6.92 Å². The van der Waals surface area contributed by atoms with Crippen molar-refractivity contribution in [3.8, 4) is 0 Å². The van der Waals surface area contributed by atoms with Crippen LogP contribution in [-0.4, -0.2) is 30.8 Å². The molecule has 0 aromatic heterocycles. The molecule has 0 N–H and O–H groups in total. The van der Waals surface area contributed by atoms with Crippen molar-refractivity contribution >= 4 is 52.8 Å². The fourth-order valence-electron chi connectivity index (χ4n) is 1.99. The molecule has 0 radical (unpaired) electrons. The minimum atomic E-state index is 0.273. The van der Waals surface area contributed by atoms with E-state index in [2.05, 4.69) is 6.92 Å². The van der Waals surface area contributed by atoms with Gasteiger partial charge in [0.25, 0.3) is 0 Å². The highest BCUT2D eigenvalue weighted by molar-refractivity contribution is 8.22. The molecule has 0 aliphatic heterocycles. The van der Waals surface area contributed by atoms with Gasteiger partial charge in [-0.25, -0.2) is 0 Å². The molecule has 0 saturated heterocycles. The van der Waals surface area contributed by atoms with Crippen molar-refractivity contribution in [3.63, 3.8) is 0 Å². The fourth-order valence-corrected chi connectivity index (χ4v) is 5.20. The second kappa shape index (κ2) is 7.22. The van der Waals surface area contributed by atoms with E-state index >= 15 is 0 Å². The molecule has 0 spiro atoms. The molecule has 1 atom stereocenters.